The summed E-state index contributed by atoms with van der Waals surface area (Å²) in [7, 11) is 0. The lowest BCUT2D eigenvalue weighted by molar-refractivity contribution is -0.274. The van der Waals surface area contributed by atoms with Crippen LogP contribution in [-0.2, 0) is 11.3 Å². The van der Waals surface area contributed by atoms with Gasteiger partial charge in [-0.3, -0.25) is 4.79 Å². The van der Waals surface area contributed by atoms with Gasteiger partial charge in [0.25, 0.3) is 0 Å². The number of hydrogen-bond acceptors (Lipinski definition) is 3. The highest BCUT2D eigenvalue weighted by molar-refractivity contribution is 5.86. The summed E-state index contributed by atoms with van der Waals surface area (Å²) in [5, 5.41) is 2.70. The monoisotopic (exact) mass is 302 g/mol. The van der Waals surface area contributed by atoms with Gasteiger partial charge in [-0.2, -0.15) is 0 Å². The van der Waals surface area contributed by atoms with Gasteiger partial charge in [-0.25, -0.2) is 0 Å². The Kier molecular flexibility index (Phi) is 4.13. The van der Waals surface area contributed by atoms with Gasteiger partial charge in [0.1, 0.15) is 5.75 Å². The molecule has 21 heavy (non-hydrogen) atoms. The third-order valence-corrected chi connectivity index (χ3v) is 3.52. The minimum atomic E-state index is -4.71. The predicted octanol–water partition coefficient (Wildman–Crippen LogP) is 2.33. The van der Waals surface area contributed by atoms with Gasteiger partial charge in [-0.05, 0) is 43.4 Å². The Morgan fingerprint density at radius 3 is 2.38 bits per heavy atom. The van der Waals surface area contributed by atoms with E-state index in [2.05, 4.69) is 10.1 Å². The van der Waals surface area contributed by atoms with Gasteiger partial charge in [0, 0.05) is 6.54 Å². The van der Waals surface area contributed by atoms with Gasteiger partial charge in [0.05, 0.1) is 5.54 Å². The Morgan fingerprint density at radius 2 is 1.90 bits per heavy atom. The third kappa shape index (κ3) is 4.35. The molecule has 0 heterocycles. The van der Waals surface area contributed by atoms with Crippen molar-refractivity contribution < 1.29 is 22.7 Å². The topological polar surface area (TPSA) is 64.4 Å². The summed E-state index contributed by atoms with van der Waals surface area (Å²) in [6.45, 7) is 1.91. The van der Waals surface area contributed by atoms with E-state index in [1.165, 1.54) is 24.3 Å². The molecule has 1 aliphatic rings. The molecule has 7 heteroatoms. The zero-order chi connectivity index (χ0) is 15.7. The highest BCUT2D eigenvalue weighted by Crippen LogP contribution is 2.38. The van der Waals surface area contributed by atoms with E-state index in [0.717, 1.165) is 12.8 Å². The first-order chi connectivity index (χ1) is 9.68. The van der Waals surface area contributed by atoms with E-state index >= 15 is 0 Å². The molecule has 1 amide bonds. The predicted molar refractivity (Wildman–Crippen MR) is 70.3 cm³/mol. The number of carbonyl (C=O) groups excluding carboxylic acids is 1. The van der Waals surface area contributed by atoms with Crippen molar-refractivity contribution in [1.82, 2.24) is 5.32 Å². The van der Waals surface area contributed by atoms with E-state index in [4.69, 9.17) is 5.73 Å². The van der Waals surface area contributed by atoms with Crippen LogP contribution in [-0.4, -0.2) is 17.8 Å². The van der Waals surface area contributed by atoms with Crippen molar-refractivity contribution in [2.24, 2.45) is 11.7 Å². The molecule has 0 spiro atoms. The van der Waals surface area contributed by atoms with Crippen molar-refractivity contribution in [3.8, 4) is 5.75 Å². The number of nitrogens with one attached hydrogen (secondary N) is 1. The quantitative estimate of drug-likeness (QED) is 0.877. The molecule has 0 aromatic heterocycles. The smallest absolute Gasteiger partial charge is 0.406 e. The number of nitrogens with two attached hydrogens (primary N) is 1. The van der Waals surface area contributed by atoms with E-state index < -0.39 is 11.9 Å². The lowest BCUT2D eigenvalue weighted by Crippen LogP contribution is -2.53. The number of amides is 1. The van der Waals surface area contributed by atoms with Crippen LogP contribution in [0.3, 0.4) is 0 Å². The average Bonchev–Trinajstić information content (AvgIpc) is 3.20. The van der Waals surface area contributed by atoms with Gasteiger partial charge in [-0.1, -0.05) is 12.1 Å². The molecule has 116 valence electrons. The molecule has 1 atom stereocenters. The summed E-state index contributed by atoms with van der Waals surface area (Å²) >= 11 is 0. The molecule has 1 fully saturated rings. The lowest BCUT2D eigenvalue weighted by atomic mass is 9.96. The van der Waals surface area contributed by atoms with Crippen LogP contribution in [0.5, 0.6) is 5.75 Å². The second-order valence-corrected chi connectivity index (χ2v) is 5.43. The zero-order valence-electron chi connectivity index (χ0n) is 11.5. The molecule has 0 aliphatic heterocycles. The summed E-state index contributed by atoms with van der Waals surface area (Å²) in [6, 6.07) is 5.34. The van der Waals surface area contributed by atoms with E-state index in [-0.39, 0.29) is 24.1 Å². The van der Waals surface area contributed by atoms with Crippen LogP contribution >= 0.6 is 0 Å². The van der Waals surface area contributed by atoms with Crippen molar-refractivity contribution in [2.45, 2.75) is 38.2 Å². The van der Waals surface area contributed by atoms with Crippen LogP contribution in [0.2, 0.25) is 0 Å². The van der Waals surface area contributed by atoms with Gasteiger partial charge in [-0.15, -0.1) is 13.2 Å². The molecular weight excluding hydrogens is 285 g/mol. The van der Waals surface area contributed by atoms with E-state index in [9.17, 15) is 18.0 Å². The lowest BCUT2D eigenvalue weighted by Gasteiger charge is -2.23. The molecule has 2 rings (SSSR count). The van der Waals surface area contributed by atoms with Gasteiger partial charge in [0.2, 0.25) is 5.91 Å². The van der Waals surface area contributed by atoms with Crippen molar-refractivity contribution >= 4 is 5.91 Å². The largest absolute Gasteiger partial charge is 0.573 e. The minimum absolute atomic E-state index is 0.208. The summed E-state index contributed by atoms with van der Waals surface area (Å²) in [4.78, 5) is 12.0. The number of halogens is 3. The molecule has 1 saturated carbocycles. The highest BCUT2D eigenvalue weighted by atomic mass is 19.4. The number of carbonyl (C=O) groups is 1. The maximum absolute atomic E-state index is 12.0. The molecule has 4 nitrogen and oxygen atoms in total. The first-order valence-electron chi connectivity index (χ1n) is 6.60. The van der Waals surface area contributed by atoms with Crippen molar-refractivity contribution in [3.63, 3.8) is 0 Å². The van der Waals surface area contributed by atoms with Gasteiger partial charge >= 0.3 is 6.36 Å². The standard InChI is InChI=1S/C14H17F3N2O2/c1-13(18,10-4-5-10)12(20)19-8-9-2-6-11(7-3-9)21-14(15,16)17/h2-3,6-7,10H,4-5,8,18H2,1H3,(H,19,20). The summed E-state index contributed by atoms with van der Waals surface area (Å²) in [5.41, 5.74) is 5.75. The number of hydrogen-bond donors (Lipinski definition) is 2. The first kappa shape index (κ1) is 15.6. The van der Waals surface area contributed by atoms with Crippen LogP contribution in [0, 0.1) is 5.92 Å². The summed E-state index contributed by atoms with van der Waals surface area (Å²) in [5.74, 6) is -0.333. The van der Waals surface area contributed by atoms with Crippen molar-refractivity contribution in [2.75, 3.05) is 0 Å². The molecule has 0 radical (unpaired) electrons. The SMILES string of the molecule is CC(N)(C(=O)NCc1ccc(OC(F)(F)F)cc1)C1CC1. The normalized spacial score (nSPS) is 18.0. The molecule has 0 saturated heterocycles. The fourth-order valence-electron chi connectivity index (χ4n) is 2.05. The second kappa shape index (κ2) is 5.55. The van der Waals surface area contributed by atoms with Crippen LogP contribution in [0.15, 0.2) is 24.3 Å². The Labute approximate surface area is 120 Å². The Balaban J connectivity index is 1.87. The Morgan fingerprint density at radius 1 is 1.33 bits per heavy atom. The summed E-state index contributed by atoms with van der Waals surface area (Å²) < 4.78 is 39.8. The number of alkyl halides is 3. The fourth-order valence-corrected chi connectivity index (χ4v) is 2.05. The Hall–Kier alpha value is -1.76. The maximum Gasteiger partial charge on any atom is 0.573 e. The molecule has 1 unspecified atom stereocenters. The van der Waals surface area contributed by atoms with Gasteiger partial charge in [0.15, 0.2) is 0 Å². The zero-order valence-corrected chi connectivity index (χ0v) is 11.5. The van der Waals surface area contributed by atoms with E-state index in [1.807, 2.05) is 0 Å². The average molecular weight is 302 g/mol. The molecule has 0 bridgehead atoms. The minimum Gasteiger partial charge on any atom is -0.406 e. The fraction of sp³-hybridized carbons (Fsp3) is 0.500. The molecule has 1 aromatic carbocycles. The van der Waals surface area contributed by atoms with Crippen LogP contribution in [0.4, 0.5) is 13.2 Å². The number of rotatable bonds is 5. The van der Waals surface area contributed by atoms with E-state index in [1.54, 1.807) is 6.92 Å². The molecule has 1 aromatic rings. The second-order valence-electron chi connectivity index (χ2n) is 5.43. The van der Waals surface area contributed by atoms with Crippen LogP contribution < -0.4 is 15.8 Å². The van der Waals surface area contributed by atoms with E-state index in [0.29, 0.717) is 5.56 Å². The van der Waals surface area contributed by atoms with Crippen molar-refractivity contribution in [1.29, 1.82) is 0 Å². The molecular formula is C14H17F3N2O2. The molecule has 1 aliphatic carbocycles. The first-order valence-corrected chi connectivity index (χ1v) is 6.60. The van der Waals surface area contributed by atoms with Crippen LogP contribution in [0.25, 0.3) is 0 Å². The summed E-state index contributed by atoms with van der Waals surface area (Å²) in [6.07, 6.45) is -2.81. The Bertz CT molecular complexity index is 508. The number of benzene rings is 1. The van der Waals surface area contributed by atoms with Crippen LogP contribution in [0.1, 0.15) is 25.3 Å². The maximum atomic E-state index is 12.0. The highest BCUT2D eigenvalue weighted by Gasteiger charge is 2.43. The number of ether oxygens (including phenoxy) is 1. The van der Waals surface area contributed by atoms with Gasteiger partial charge < -0.3 is 15.8 Å². The third-order valence-electron chi connectivity index (χ3n) is 3.52. The molecule has 3 N–H and O–H groups in total. The van der Waals surface area contributed by atoms with Crippen molar-refractivity contribution in [3.05, 3.63) is 29.8 Å².